The first-order valence-electron chi connectivity index (χ1n) is 7.48. The molecule has 3 nitrogen and oxygen atoms in total. The second-order valence-electron chi connectivity index (χ2n) is 5.52. The monoisotopic (exact) mass is 280 g/mol. The second kappa shape index (κ2) is 7.60. The molecule has 1 aliphatic heterocycles. The minimum atomic E-state index is -0.272. The van der Waals surface area contributed by atoms with Crippen LogP contribution in [0.25, 0.3) is 0 Å². The highest BCUT2D eigenvalue weighted by Gasteiger charge is 2.19. The molecule has 20 heavy (non-hydrogen) atoms. The van der Waals surface area contributed by atoms with Gasteiger partial charge >= 0.3 is 0 Å². The van der Waals surface area contributed by atoms with Crippen molar-refractivity contribution in [1.82, 2.24) is 10.2 Å². The summed E-state index contributed by atoms with van der Waals surface area (Å²) >= 11 is 0. The number of likely N-dealkylation sites (tertiary alicyclic amines) is 1. The number of rotatable bonds is 6. The SMILES string of the molecule is CCNCC1CCCN(Cc2ccc(OC)c(F)c2)C1. The number of methoxy groups -OCH3 is 1. The summed E-state index contributed by atoms with van der Waals surface area (Å²) in [6.07, 6.45) is 2.52. The fraction of sp³-hybridized carbons (Fsp3) is 0.625. The van der Waals surface area contributed by atoms with Gasteiger partial charge in [0.2, 0.25) is 0 Å². The maximum Gasteiger partial charge on any atom is 0.165 e. The first-order valence-corrected chi connectivity index (χ1v) is 7.48. The highest BCUT2D eigenvalue weighted by molar-refractivity contribution is 5.29. The van der Waals surface area contributed by atoms with E-state index < -0.39 is 0 Å². The van der Waals surface area contributed by atoms with Crippen LogP contribution in [-0.2, 0) is 6.54 Å². The molecule has 1 aromatic rings. The average Bonchev–Trinajstić information content (AvgIpc) is 2.46. The molecule has 0 spiro atoms. The van der Waals surface area contributed by atoms with Crippen molar-refractivity contribution in [3.05, 3.63) is 29.6 Å². The van der Waals surface area contributed by atoms with Gasteiger partial charge in [0.15, 0.2) is 11.6 Å². The Hall–Kier alpha value is -1.13. The molecule has 0 aliphatic carbocycles. The van der Waals surface area contributed by atoms with E-state index in [4.69, 9.17) is 4.74 Å². The lowest BCUT2D eigenvalue weighted by atomic mass is 9.97. The number of halogens is 1. The van der Waals surface area contributed by atoms with E-state index in [-0.39, 0.29) is 5.82 Å². The zero-order valence-corrected chi connectivity index (χ0v) is 12.5. The van der Waals surface area contributed by atoms with Gasteiger partial charge in [0.05, 0.1) is 7.11 Å². The number of nitrogens with zero attached hydrogens (tertiary/aromatic N) is 1. The van der Waals surface area contributed by atoms with Crippen molar-refractivity contribution in [3.8, 4) is 5.75 Å². The molecular formula is C16H25FN2O. The first kappa shape index (κ1) is 15.3. The molecule has 0 bridgehead atoms. The minimum absolute atomic E-state index is 0.272. The summed E-state index contributed by atoms with van der Waals surface area (Å²) in [4.78, 5) is 2.42. The smallest absolute Gasteiger partial charge is 0.165 e. The van der Waals surface area contributed by atoms with Gasteiger partial charge < -0.3 is 10.1 Å². The molecule has 0 aromatic heterocycles. The van der Waals surface area contributed by atoms with Crippen LogP contribution in [0.5, 0.6) is 5.75 Å². The van der Waals surface area contributed by atoms with Gasteiger partial charge in [0.1, 0.15) is 0 Å². The van der Waals surface area contributed by atoms with E-state index in [1.807, 2.05) is 6.07 Å². The molecule has 1 fully saturated rings. The van der Waals surface area contributed by atoms with Gasteiger partial charge in [0, 0.05) is 13.1 Å². The summed E-state index contributed by atoms with van der Waals surface area (Å²) in [6, 6.07) is 5.26. The Morgan fingerprint density at radius 3 is 3.00 bits per heavy atom. The van der Waals surface area contributed by atoms with Gasteiger partial charge in [-0.25, -0.2) is 4.39 Å². The molecule has 1 unspecified atom stereocenters. The van der Waals surface area contributed by atoms with E-state index in [0.29, 0.717) is 11.7 Å². The van der Waals surface area contributed by atoms with Crippen molar-refractivity contribution in [2.75, 3.05) is 33.3 Å². The third-order valence-electron chi connectivity index (χ3n) is 3.91. The highest BCUT2D eigenvalue weighted by Crippen LogP contribution is 2.21. The maximum absolute atomic E-state index is 13.7. The highest BCUT2D eigenvalue weighted by atomic mass is 19.1. The van der Waals surface area contributed by atoms with E-state index in [1.165, 1.54) is 20.0 Å². The quantitative estimate of drug-likeness (QED) is 0.867. The standard InChI is InChI=1S/C16H25FN2O/c1-3-18-10-14-5-4-8-19(12-14)11-13-6-7-16(20-2)15(17)9-13/h6-7,9,14,18H,3-5,8,10-12H2,1-2H3. The molecule has 1 aromatic carbocycles. The van der Waals surface area contributed by atoms with Gasteiger partial charge in [-0.1, -0.05) is 13.0 Å². The van der Waals surface area contributed by atoms with E-state index in [2.05, 4.69) is 17.1 Å². The van der Waals surface area contributed by atoms with Crippen molar-refractivity contribution in [2.24, 2.45) is 5.92 Å². The molecule has 2 rings (SSSR count). The molecule has 1 heterocycles. The number of piperidine rings is 1. The van der Waals surface area contributed by atoms with E-state index in [0.717, 1.165) is 38.3 Å². The molecule has 0 radical (unpaired) electrons. The summed E-state index contributed by atoms with van der Waals surface area (Å²) in [7, 11) is 1.49. The number of hydrogen-bond acceptors (Lipinski definition) is 3. The Morgan fingerprint density at radius 1 is 1.45 bits per heavy atom. The van der Waals surface area contributed by atoms with Crippen LogP contribution in [0.4, 0.5) is 4.39 Å². The Kier molecular flexibility index (Phi) is 5.80. The lowest BCUT2D eigenvalue weighted by Crippen LogP contribution is -2.39. The molecule has 0 amide bonds. The molecule has 112 valence electrons. The summed E-state index contributed by atoms with van der Waals surface area (Å²) < 4.78 is 18.6. The molecule has 0 saturated carbocycles. The number of nitrogens with one attached hydrogen (secondary N) is 1. The summed E-state index contributed by atoms with van der Waals surface area (Å²) in [6.45, 7) is 7.28. The van der Waals surface area contributed by atoms with Gasteiger partial charge in [-0.05, 0) is 56.1 Å². The third-order valence-corrected chi connectivity index (χ3v) is 3.91. The van der Waals surface area contributed by atoms with Gasteiger partial charge in [-0.15, -0.1) is 0 Å². The van der Waals surface area contributed by atoms with Crippen LogP contribution < -0.4 is 10.1 Å². The first-order chi connectivity index (χ1) is 9.72. The largest absolute Gasteiger partial charge is 0.494 e. The summed E-state index contributed by atoms with van der Waals surface area (Å²) in [5.41, 5.74) is 1.02. The second-order valence-corrected chi connectivity index (χ2v) is 5.52. The third kappa shape index (κ3) is 4.18. The molecule has 4 heteroatoms. The molecule has 1 atom stereocenters. The topological polar surface area (TPSA) is 24.5 Å². The van der Waals surface area contributed by atoms with Crippen LogP contribution in [0.1, 0.15) is 25.3 Å². The maximum atomic E-state index is 13.7. The van der Waals surface area contributed by atoms with Crippen molar-refractivity contribution < 1.29 is 9.13 Å². The summed E-state index contributed by atoms with van der Waals surface area (Å²) in [5, 5.41) is 3.42. The molecule has 1 saturated heterocycles. The van der Waals surface area contributed by atoms with Gasteiger partial charge in [-0.3, -0.25) is 4.90 Å². The predicted molar refractivity (Wildman–Crippen MR) is 79.5 cm³/mol. The normalized spacial score (nSPS) is 20.1. The Bertz CT molecular complexity index is 425. The lowest BCUT2D eigenvalue weighted by Gasteiger charge is -2.32. The zero-order valence-electron chi connectivity index (χ0n) is 12.5. The fourth-order valence-corrected chi connectivity index (χ4v) is 2.88. The van der Waals surface area contributed by atoms with Crippen molar-refractivity contribution in [1.29, 1.82) is 0 Å². The predicted octanol–water partition coefficient (Wildman–Crippen LogP) is 2.66. The fourth-order valence-electron chi connectivity index (χ4n) is 2.88. The van der Waals surface area contributed by atoms with Crippen LogP contribution >= 0.6 is 0 Å². The Labute approximate surface area is 121 Å². The van der Waals surface area contributed by atoms with Crippen molar-refractivity contribution in [3.63, 3.8) is 0 Å². The summed E-state index contributed by atoms with van der Waals surface area (Å²) in [5.74, 6) is 0.760. The molecule has 1 aliphatic rings. The number of ether oxygens (including phenoxy) is 1. The van der Waals surface area contributed by atoms with Crippen LogP contribution in [0.2, 0.25) is 0 Å². The van der Waals surface area contributed by atoms with E-state index >= 15 is 0 Å². The number of benzene rings is 1. The van der Waals surface area contributed by atoms with Crippen LogP contribution in [-0.4, -0.2) is 38.2 Å². The van der Waals surface area contributed by atoms with Crippen LogP contribution in [0, 0.1) is 11.7 Å². The van der Waals surface area contributed by atoms with Crippen molar-refractivity contribution >= 4 is 0 Å². The van der Waals surface area contributed by atoms with E-state index in [1.54, 1.807) is 12.1 Å². The Morgan fingerprint density at radius 2 is 2.30 bits per heavy atom. The zero-order chi connectivity index (χ0) is 14.4. The molecule has 1 N–H and O–H groups in total. The number of hydrogen-bond donors (Lipinski definition) is 1. The van der Waals surface area contributed by atoms with Crippen molar-refractivity contribution in [2.45, 2.75) is 26.3 Å². The van der Waals surface area contributed by atoms with Gasteiger partial charge in [0.25, 0.3) is 0 Å². The minimum Gasteiger partial charge on any atom is -0.494 e. The van der Waals surface area contributed by atoms with Crippen LogP contribution in [0.15, 0.2) is 18.2 Å². The van der Waals surface area contributed by atoms with Crippen LogP contribution in [0.3, 0.4) is 0 Å². The lowest BCUT2D eigenvalue weighted by molar-refractivity contribution is 0.165. The molecular weight excluding hydrogens is 255 g/mol. The van der Waals surface area contributed by atoms with E-state index in [9.17, 15) is 4.39 Å². The van der Waals surface area contributed by atoms with Gasteiger partial charge in [-0.2, -0.15) is 0 Å². The Balaban J connectivity index is 1.90. The average molecular weight is 280 g/mol.